The molecule has 3 aromatic carbocycles. The van der Waals surface area contributed by atoms with E-state index in [0.717, 1.165) is 24.0 Å². The van der Waals surface area contributed by atoms with Gasteiger partial charge < -0.3 is 14.8 Å². The molecular formula is C32H39N3O7S2. The predicted molar refractivity (Wildman–Crippen MR) is 168 cm³/mol. The minimum absolute atomic E-state index is 0.119. The van der Waals surface area contributed by atoms with Crippen LogP contribution in [0.2, 0.25) is 0 Å². The molecule has 0 bridgehead atoms. The normalized spacial score (nSPS) is 17.5. The van der Waals surface area contributed by atoms with Gasteiger partial charge in [0.15, 0.2) is 6.10 Å². The Bertz CT molecular complexity index is 1710. The standard InChI is InChI=1S/C32H39N3O7S2/c1-23-7-12-27(13-8-23)44(39,40)35-22-30(42-29-16-9-24(21-28(29)35)32(2,3)4)31(36)33-17-20-41-25-10-14-26(15-11-25)43(37,38)34-18-5-6-19-34/h7-16,21,30H,5-6,17-20,22H2,1-4H3,(H,33,36). The van der Waals surface area contributed by atoms with Gasteiger partial charge in [-0.3, -0.25) is 9.10 Å². The van der Waals surface area contributed by atoms with E-state index in [1.165, 1.54) is 20.7 Å². The van der Waals surface area contributed by atoms with Crippen molar-refractivity contribution in [3.05, 3.63) is 77.9 Å². The van der Waals surface area contributed by atoms with E-state index in [0.29, 0.717) is 30.3 Å². The lowest BCUT2D eigenvalue weighted by Crippen LogP contribution is -2.51. The molecule has 2 aliphatic heterocycles. The van der Waals surface area contributed by atoms with Crippen molar-refractivity contribution in [2.24, 2.45) is 0 Å². The molecule has 2 heterocycles. The predicted octanol–water partition coefficient (Wildman–Crippen LogP) is 4.23. The third-order valence-electron chi connectivity index (χ3n) is 7.79. The molecule has 12 heteroatoms. The van der Waals surface area contributed by atoms with Gasteiger partial charge in [-0.1, -0.05) is 44.5 Å². The van der Waals surface area contributed by atoms with Gasteiger partial charge in [0.05, 0.1) is 28.6 Å². The first-order valence-corrected chi connectivity index (χ1v) is 17.6. The lowest BCUT2D eigenvalue weighted by atomic mass is 9.86. The maximum Gasteiger partial charge on any atom is 0.264 e. The second kappa shape index (κ2) is 12.4. The third-order valence-corrected chi connectivity index (χ3v) is 11.5. The van der Waals surface area contributed by atoms with Gasteiger partial charge in [-0.25, -0.2) is 16.8 Å². The molecule has 1 unspecified atom stereocenters. The van der Waals surface area contributed by atoms with Crippen molar-refractivity contribution in [1.82, 2.24) is 9.62 Å². The average Bonchev–Trinajstić information content (AvgIpc) is 3.55. The highest BCUT2D eigenvalue weighted by Crippen LogP contribution is 2.40. The first-order valence-electron chi connectivity index (χ1n) is 14.7. The van der Waals surface area contributed by atoms with Gasteiger partial charge in [0, 0.05) is 13.1 Å². The van der Waals surface area contributed by atoms with Crippen LogP contribution < -0.4 is 19.1 Å². The van der Waals surface area contributed by atoms with Crippen molar-refractivity contribution in [2.75, 3.05) is 37.1 Å². The highest BCUT2D eigenvalue weighted by molar-refractivity contribution is 7.92. The van der Waals surface area contributed by atoms with Crippen molar-refractivity contribution < 1.29 is 31.1 Å². The number of benzene rings is 3. The van der Waals surface area contributed by atoms with Crippen LogP contribution in [0.25, 0.3) is 0 Å². The summed E-state index contributed by atoms with van der Waals surface area (Å²) in [5.41, 5.74) is 2.03. The second-order valence-corrected chi connectivity index (χ2v) is 15.9. The van der Waals surface area contributed by atoms with E-state index < -0.39 is 32.1 Å². The van der Waals surface area contributed by atoms with E-state index in [1.54, 1.807) is 42.5 Å². The summed E-state index contributed by atoms with van der Waals surface area (Å²) in [6, 6.07) is 18.2. The van der Waals surface area contributed by atoms with Gasteiger partial charge in [-0.15, -0.1) is 0 Å². The van der Waals surface area contributed by atoms with Crippen LogP contribution in [-0.2, 0) is 30.3 Å². The Balaban J connectivity index is 1.25. The Hall–Kier alpha value is -3.61. The number of ether oxygens (including phenoxy) is 2. The van der Waals surface area contributed by atoms with Gasteiger partial charge in [-0.05, 0) is 79.3 Å². The van der Waals surface area contributed by atoms with E-state index in [-0.39, 0.29) is 34.9 Å². The number of aryl methyl sites for hydroxylation is 1. The highest BCUT2D eigenvalue weighted by atomic mass is 32.2. The van der Waals surface area contributed by atoms with Crippen LogP contribution in [0.5, 0.6) is 11.5 Å². The minimum atomic E-state index is -4.00. The zero-order chi connectivity index (χ0) is 31.7. The monoisotopic (exact) mass is 641 g/mol. The van der Waals surface area contributed by atoms with Crippen LogP contribution in [0.4, 0.5) is 5.69 Å². The Kier molecular flexibility index (Phi) is 8.97. The Morgan fingerprint density at radius 3 is 2.16 bits per heavy atom. The van der Waals surface area contributed by atoms with Crippen LogP contribution >= 0.6 is 0 Å². The molecule has 3 aromatic rings. The van der Waals surface area contributed by atoms with E-state index in [1.807, 2.05) is 39.8 Å². The summed E-state index contributed by atoms with van der Waals surface area (Å²) < 4.78 is 67.6. The van der Waals surface area contributed by atoms with Gasteiger partial charge in [0.25, 0.3) is 15.9 Å². The second-order valence-electron chi connectivity index (χ2n) is 12.1. The molecule has 1 atom stereocenters. The molecule has 0 spiro atoms. The maximum atomic E-state index is 13.8. The first kappa shape index (κ1) is 31.8. The van der Waals surface area contributed by atoms with Crippen molar-refractivity contribution in [1.29, 1.82) is 0 Å². The molecule has 2 aliphatic rings. The summed E-state index contributed by atoms with van der Waals surface area (Å²) >= 11 is 0. The van der Waals surface area contributed by atoms with Crippen molar-refractivity contribution in [3.8, 4) is 11.5 Å². The quantitative estimate of drug-likeness (QED) is 0.347. The largest absolute Gasteiger partial charge is 0.492 e. The number of amides is 1. The van der Waals surface area contributed by atoms with Crippen LogP contribution in [-0.4, -0.2) is 65.9 Å². The molecule has 1 fully saturated rings. The SMILES string of the molecule is Cc1ccc(S(=O)(=O)N2CC(C(=O)NCCOc3ccc(S(=O)(=O)N4CCCC4)cc3)Oc3ccc(C(C)(C)C)cc32)cc1. The summed E-state index contributed by atoms with van der Waals surface area (Å²) in [5, 5.41) is 2.77. The molecule has 1 amide bonds. The number of nitrogens with one attached hydrogen (secondary N) is 1. The van der Waals surface area contributed by atoms with Crippen molar-refractivity contribution >= 4 is 31.6 Å². The zero-order valence-electron chi connectivity index (χ0n) is 25.4. The molecular weight excluding hydrogens is 603 g/mol. The molecule has 1 saturated heterocycles. The Morgan fingerprint density at radius 1 is 0.909 bits per heavy atom. The fourth-order valence-corrected chi connectivity index (χ4v) is 8.15. The smallest absolute Gasteiger partial charge is 0.264 e. The summed E-state index contributed by atoms with van der Waals surface area (Å²) in [6.45, 7) is 9.13. The highest BCUT2D eigenvalue weighted by Gasteiger charge is 2.38. The van der Waals surface area contributed by atoms with Crippen molar-refractivity contribution in [2.45, 2.75) is 61.8 Å². The van der Waals surface area contributed by atoms with Crippen LogP contribution in [0.15, 0.2) is 76.5 Å². The molecule has 236 valence electrons. The van der Waals surface area contributed by atoms with Crippen LogP contribution in [0, 0.1) is 6.92 Å². The van der Waals surface area contributed by atoms with Crippen molar-refractivity contribution in [3.63, 3.8) is 0 Å². The molecule has 0 saturated carbocycles. The maximum absolute atomic E-state index is 13.8. The van der Waals surface area contributed by atoms with Crippen LogP contribution in [0.1, 0.15) is 44.7 Å². The molecule has 5 rings (SSSR count). The number of rotatable bonds is 9. The van der Waals surface area contributed by atoms with Gasteiger partial charge >= 0.3 is 0 Å². The van der Waals surface area contributed by atoms with E-state index in [2.05, 4.69) is 5.32 Å². The fraction of sp³-hybridized carbons (Fsp3) is 0.406. The molecule has 44 heavy (non-hydrogen) atoms. The summed E-state index contributed by atoms with van der Waals surface area (Å²) in [5.74, 6) is 0.295. The molecule has 10 nitrogen and oxygen atoms in total. The van der Waals surface area contributed by atoms with Gasteiger partial charge in [0.2, 0.25) is 10.0 Å². The zero-order valence-corrected chi connectivity index (χ0v) is 27.1. The topological polar surface area (TPSA) is 122 Å². The number of fused-ring (bicyclic) bond motifs is 1. The number of hydrogen-bond acceptors (Lipinski definition) is 7. The number of anilines is 1. The fourth-order valence-electron chi connectivity index (χ4n) is 5.16. The summed E-state index contributed by atoms with van der Waals surface area (Å²) in [6.07, 6.45) is 0.644. The average molecular weight is 642 g/mol. The number of nitrogens with zero attached hydrogens (tertiary/aromatic N) is 2. The van der Waals surface area contributed by atoms with E-state index in [4.69, 9.17) is 9.47 Å². The molecule has 0 aliphatic carbocycles. The number of carbonyl (C=O) groups excluding carboxylic acids is 1. The summed E-state index contributed by atoms with van der Waals surface area (Å²) in [7, 11) is -7.51. The first-order chi connectivity index (χ1) is 20.8. The lowest BCUT2D eigenvalue weighted by Gasteiger charge is -2.36. The summed E-state index contributed by atoms with van der Waals surface area (Å²) in [4.78, 5) is 13.5. The minimum Gasteiger partial charge on any atom is -0.492 e. The van der Waals surface area contributed by atoms with Crippen LogP contribution in [0.3, 0.4) is 0 Å². The third kappa shape index (κ3) is 6.72. The molecule has 0 aromatic heterocycles. The van der Waals surface area contributed by atoms with Gasteiger partial charge in [0.1, 0.15) is 18.1 Å². The molecule has 0 radical (unpaired) electrons. The number of carbonyl (C=O) groups is 1. The van der Waals surface area contributed by atoms with Gasteiger partial charge in [-0.2, -0.15) is 4.31 Å². The lowest BCUT2D eigenvalue weighted by molar-refractivity contribution is -0.127. The van der Waals surface area contributed by atoms with E-state index >= 15 is 0 Å². The Labute approximate surface area is 260 Å². The number of hydrogen-bond donors (Lipinski definition) is 1. The number of sulfonamides is 2. The Morgan fingerprint density at radius 2 is 1.52 bits per heavy atom. The van der Waals surface area contributed by atoms with E-state index in [9.17, 15) is 21.6 Å². The molecule has 1 N–H and O–H groups in total.